The summed E-state index contributed by atoms with van der Waals surface area (Å²) in [7, 11) is 0. The zero-order valence-electron chi connectivity index (χ0n) is 12.8. The fraction of sp³-hybridized carbons (Fsp3) is 1.00. The van der Waals surface area contributed by atoms with Crippen molar-refractivity contribution in [1.82, 2.24) is 10.2 Å². The molecule has 1 aliphatic heterocycles. The van der Waals surface area contributed by atoms with E-state index in [1.807, 2.05) is 13.8 Å². The predicted molar refractivity (Wildman–Crippen MR) is 80.3 cm³/mol. The molecule has 3 aliphatic rings. The number of nitrogens with one attached hydrogen (secondary N) is 1. The first-order chi connectivity index (χ1) is 9.33. The highest BCUT2D eigenvalue weighted by atomic mass is 16.3. The Morgan fingerprint density at radius 3 is 2.32 bits per heavy atom. The first-order valence-corrected chi connectivity index (χ1v) is 8.46. The van der Waals surface area contributed by atoms with E-state index in [1.54, 1.807) is 0 Å². The van der Waals surface area contributed by atoms with Crippen LogP contribution in [0.15, 0.2) is 0 Å². The Kier molecular flexibility index (Phi) is 6.11. The van der Waals surface area contributed by atoms with Crippen LogP contribution in [0.4, 0.5) is 0 Å². The first-order valence-electron chi connectivity index (χ1n) is 8.46. The quantitative estimate of drug-likeness (QED) is 0.765. The van der Waals surface area contributed by atoms with Gasteiger partial charge in [-0.2, -0.15) is 0 Å². The van der Waals surface area contributed by atoms with E-state index in [-0.39, 0.29) is 6.10 Å². The molecule has 1 heterocycles. The molecule has 3 rings (SSSR count). The second-order valence-corrected chi connectivity index (χ2v) is 6.24. The highest BCUT2D eigenvalue weighted by molar-refractivity contribution is 4.90. The number of hydrogen-bond acceptors (Lipinski definition) is 3. The largest absolute Gasteiger partial charge is 0.393 e. The number of fused-ring (bicyclic) bond motifs is 1. The van der Waals surface area contributed by atoms with Gasteiger partial charge in [0.1, 0.15) is 0 Å². The lowest BCUT2D eigenvalue weighted by atomic mass is 9.68. The summed E-state index contributed by atoms with van der Waals surface area (Å²) in [4.78, 5) is 2.69. The van der Waals surface area contributed by atoms with Crippen LogP contribution in [-0.2, 0) is 0 Å². The van der Waals surface area contributed by atoms with Crippen LogP contribution < -0.4 is 5.32 Å². The molecular formula is C16H32N2O. The van der Waals surface area contributed by atoms with E-state index >= 15 is 0 Å². The van der Waals surface area contributed by atoms with Crippen molar-refractivity contribution in [3.63, 3.8) is 0 Å². The molecule has 0 radical (unpaired) electrons. The molecule has 0 amide bonds. The Labute approximate surface area is 118 Å². The van der Waals surface area contributed by atoms with Gasteiger partial charge in [0.2, 0.25) is 0 Å². The lowest BCUT2D eigenvalue weighted by Gasteiger charge is -2.45. The molecule has 19 heavy (non-hydrogen) atoms. The minimum Gasteiger partial charge on any atom is -0.393 e. The summed E-state index contributed by atoms with van der Waals surface area (Å²) in [6.45, 7) is 8.77. The third kappa shape index (κ3) is 3.93. The van der Waals surface area contributed by atoms with Crippen molar-refractivity contribution in [3.8, 4) is 0 Å². The smallest absolute Gasteiger partial charge is 0.0543 e. The van der Waals surface area contributed by atoms with Crippen molar-refractivity contribution in [2.45, 2.75) is 64.5 Å². The van der Waals surface area contributed by atoms with Crippen molar-refractivity contribution in [2.24, 2.45) is 11.8 Å². The van der Waals surface area contributed by atoms with Gasteiger partial charge in [-0.05, 0) is 50.4 Å². The number of hydrogen-bond donors (Lipinski definition) is 2. The summed E-state index contributed by atoms with van der Waals surface area (Å²) in [6.07, 6.45) is 7.57. The van der Waals surface area contributed by atoms with E-state index in [9.17, 15) is 5.11 Å². The topological polar surface area (TPSA) is 35.5 Å². The summed E-state index contributed by atoms with van der Waals surface area (Å²) >= 11 is 0. The molecule has 0 aromatic heterocycles. The molecule has 3 fully saturated rings. The van der Waals surface area contributed by atoms with Gasteiger partial charge in [-0.3, -0.25) is 4.90 Å². The Bertz CT molecular complexity index is 253. The molecule has 4 unspecified atom stereocenters. The molecule has 112 valence electrons. The maximum Gasteiger partial charge on any atom is 0.0543 e. The Balaban J connectivity index is 0.000000637. The zero-order valence-corrected chi connectivity index (χ0v) is 12.8. The molecule has 1 saturated heterocycles. The summed E-state index contributed by atoms with van der Waals surface area (Å²) in [5, 5.41) is 13.3. The molecule has 0 aromatic carbocycles. The van der Waals surface area contributed by atoms with Crippen LogP contribution in [0, 0.1) is 11.8 Å². The third-order valence-corrected chi connectivity index (χ3v) is 5.23. The van der Waals surface area contributed by atoms with E-state index in [0.29, 0.717) is 0 Å². The second-order valence-electron chi connectivity index (χ2n) is 6.24. The van der Waals surface area contributed by atoms with Gasteiger partial charge in [0.05, 0.1) is 6.10 Å². The summed E-state index contributed by atoms with van der Waals surface area (Å²) in [5.74, 6) is 1.74. The minimum absolute atomic E-state index is 0.00183. The molecule has 2 N–H and O–H groups in total. The fourth-order valence-electron chi connectivity index (χ4n) is 4.22. The van der Waals surface area contributed by atoms with Gasteiger partial charge in [-0.1, -0.05) is 13.8 Å². The number of nitrogens with zero attached hydrogens (tertiary/aromatic N) is 1. The third-order valence-electron chi connectivity index (χ3n) is 5.23. The molecule has 0 aromatic rings. The zero-order chi connectivity index (χ0) is 13.7. The predicted octanol–water partition coefficient (Wildman–Crippen LogP) is 2.25. The van der Waals surface area contributed by atoms with Gasteiger partial charge < -0.3 is 10.4 Å². The Morgan fingerprint density at radius 1 is 0.895 bits per heavy atom. The molecule has 4 atom stereocenters. The van der Waals surface area contributed by atoms with Crippen LogP contribution in [-0.4, -0.2) is 48.3 Å². The number of rotatable bonds is 1. The minimum atomic E-state index is -0.00183. The molecule has 3 nitrogen and oxygen atoms in total. The Morgan fingerprint density at radius 2 is 1.58 bits per heavy atom. The van der Waals surface area contributed by atoms with Crippen molar-refractivity contribution in [3.05, 3.63) is 0 Å². The summed E-state index contributed by atoms with van der Waals surface area (Å²) in [6, 6.07) is 0.809. The van der Waals surface area contributed by atoms with Gasteiger partial charge in [0.15, 0.2) is 0 Å². The monoisotopic (exact) mass is 268 g/mol. The van der Waals surface area contributed by atoms with Gasteiger partial charge in [0, 0.05) is 32.2 Å². The maximum atomic E-state index is 9.82. The highest BCUT2D eigenvalue weighted by Crippen LogP contribution is 2.41. The van der Waals surface area contributed by atoms with Gasteiger partial charge in [-0.25, -0.2) is 0 Å². The van der Waals surface area contributed by atoms with E-state index < -0.39 is 0 Å². The molecule has 2 aliphatic carbocycles. The second kappa shape index (κ2) is 7.61. The van der Waals surface area contributed by atoms with Crippen LogP contribution in [0.5, 0.6) is 0 Å². The number of piperazine rings is 1. The van der Waals surface area contributed by atoms with Gasteiger partial charge in [0.25, 0.3) is 0 Å². The number of aliphatic hydroxyl groups excluding tert-OH is 1. The van der Waals surface area contributed by atoms with Crippen LogP contribution in [0.3, 0.4) is 0 Å². The molecule has 0 bridgehead atoms. The lowest BCUT2D eigenvalue weighted by Crippen LogP contribution is -2.51. The highest BCUT2D eigenvalue weighted by Gasteiger charge is 2.36. The maximum absolute atomic E-state index is 9.82. The van der Waals surface area contributed by atoms with Gasteiger partial charge >= 0.3 is 0 Å². The normalized spacial score (nSPS) is 39.9. The molecule has 2 saturated carbocycles. The van der Waals surface area contributed by atoms with Crippen LogP contribution in [0.25, 0.3) is 0 Å². The van der Waals surface area contributed by atoms with Crippen molar-refractivity contribution < 1.29 is 5.11 Å². The van der Waals surface area contributed by atoms with Gasteiger partial charge in [-0.15, -0.1) is 0 Å². The SMILES string of the molecule is CC.OC1CCC2CCC(N3CCNCC3)CC2C1. The molecular weight excluding hydrogens is 236 g/mol. The van der Waals surface area contributed by atoms with Crippen molar-refractivity contribution >= 4 is 0 Å². The standard InChI is InChI=1S/C14H26N2O.C2H6/c17-14-4-2-11-1-3-13(9-12(11)10-14)16-7-5-15-6-8-16;1-2/h11-15,17H,1-10H2;1-2H3. The average molecular weight is 268 g/mol. The average Bonchev–Trinajstić information content (AvgIpc) is 2.49. The van der Waals surface area contributed by atoms with E-state index in [0.717, 1.165) is 43.8 Å². The van der Waals surface area contributed by atoms with E-state index in [2.05, 4.69) is 10.2 Å². The summed E-state index contributed by atoms with van der Waals surface area (Å²) < 4.78 is 0. The van der Waals surface area contributed by atoms with Crippen molar-refractivity contribution in [1.29, 1.82) is 0 Å². The lowest BCUT2D eigenvalue weighted by molar-refractivity contribution is 0.0154. The molecule has 0 spiro atoms. The van der Waals surface area contributed by atoms with Crippen LogP contribution >= 0.6 is 0 Å². The summed E-state index contributed by atoms with van der Waals surface area (Å²) in [5.41, 5.74) is 0. The van der Waals surface area contributed by atoms with Crippen LogP contribution in [0.1, 0.15) is 52.4 Å². The molecule has 3 heteroatoms. The van der Waals surface area contributed by atoms with Crippen LogP contribution in [0.2, 0.25) is 0 Å². The van der Waals surface area contributed by atoms with E-state index in [4.69, 9.17) is 0 Å². The fourth-order valence-corrected chi connectivity index (χ4v) is 4.22. The first kappa shape index (κ1) is 15.3. The Hall–Kier alpha value is -0.120. The van der Waals surface area contributed by atoms with Crippen molar-refractivity contribution in [2.75, 3.05) is 26.2 Å². The number of aliphatic hydroxyl groups is 1. The van der Waals surface area contributed by atoms with E-state index in [1.165, 1.54) is 38.8 Å².